The smallest absolute Gasteiger partial charge is 0.315 e. The highest BCUT2D eigenvalue weighted by molar-refractivity contribution is 5.80. The second-order valence-electron chi connectivity index (χ2n) is 4.07. The van der Waals surface area contributed by atoms with Gasteiger partial charge in [-0.15, -0.1) is 0 Å². The molecule has 92 valence electrons. The molecule has 0 bridgehead atoms. The molecule has 1 N–H and O–H groups in total. The van der Waals surface area contributed by atoms with E-state index in [-0.39, 0.29) is 25.9 Å². The summed E-state index contributed by atoms with van der Waals surface area (Å²) in [5.74, 6) is -2.10. The average molecular weight is 235 g/mol. The monoisotopic (exact) mass is 235 g/mol. The van der Waals surface area contributed by atoms with Gasteiger partial charge in [0.15, 0.2) is 0 Å². The number of rotatable bonds is 3. The summed E-state index contributed by atoms with van der Waals surface area (Å²) in [6, 6.07) is 0. The van der Waals surface area contributed by atoms with Gasteiger partial charge in [0.05, 0.1) is 5.41 Å². The Hall–Kier alpha value is -1.20. The average Bonchev–Trinajstić information content (AvgIpc) is 2.27. The molecule has 0 radical (unpaired) electrons. The van der Waals surface area contributed by atoms with E-state index >= 15 is 0 Å². The molecule has 0 spiro atoms. The van der Waals surface area contributed by atoms with Gasteiger partial charge in [-0.1, -0.05) is 6.92 Å². The van der Waals surface area contributed by atoms with Gasteiger partial charge >= 0.3 is 12.4 Å². The van der Waals surface area contributed by atoms with Crippen LogP contribution in [0.25, 0.3) is 0 Å². The standard InChI is InChI=1S/C10H15F2NO3/c1-2-10(9(15)16)3-5-13(6-4-10)8(14)7(11)12/h7H,2-6H2,1H3,(H,15,16). The highest BCUT2D eigenvalue weighted by Crippen LogP contribution is 2.35. The number of likely N-dealkylation sites (tertiary alicyclic amines) is 1. The van der Waals surface area contributed by atoms with E-state index in [9.17, 15) is 18.4 Å². The van der Waals surface area contributed by atoms with Crippen molar-refractivity contribution in [2.45, 2.75) is 32.6 Å². The van der Waals surface area contributed by atoms with Crippen LogP contribution in [0, 0.1) is 5.41 Å². The Balaban J connectivity index is 2.63. The summed E-state index contributed by atoms with van der Waals surface area (Å²) in [6.45, 7) is 1.96. The van der Waals surface area contributed by atoms with Gasteiger partial charge in [0.1, 0.15) is 0 Å². The molecule has 6 heteroatoms. The Labute approximate surface area is 92.2 Å². The van der Waals surface area contributed by atoms with Gasteiger partial charge in [-0.25, -0.2) is 0 Å². The Morgan fingerprint density at radius 1 is 1.38 bits per heavy atom. The molecule has 0 unspecified atom stereocenters. The quantitative estimate of drug-likeness (QED) is 0.803. The Morgan fingerprint density at radius 3 is 2.19 bits per heavy atom. The third-order valence-corrected chi connectivity index (χ3v) is 3.35. The topological polar surface area (TPSA) is 57.6 Å². The van der Waals surface area contributed by atoms with Gasteiger partial charge in [0.2, 0.25) is 0 Å². The van der Waals surface area contributed by atoms with E-state index < -0.39 is 23.7 Å². The number of carbonyl (C=O) groups excluding carboxylic acids is 1. The van der Waals surface area contributed by atoms with Crippen LogP contribution in [0.4, 0.5) is 8.78 Å². The summed E-state index contributed by atoms with van der Waals surface area (Å²) in [7, 11) is 0. The maximum atomic E-state index is 12.1. The lowest BCUT2D eigenvalue weighted by Crippen LogP contribution is -2.47. The predicted octanol–water partition coefficient (Wildman–Crippen LogP) is 1.35. The first-order valence-electron chi connectivity index (χ1n) is 5.23. The normalized spacial score (nSPS) is 19.9. The highest BCUT2D eigenvalue weighted by Gasteiger charge is 2.41. The molecule has 1 rings (SSSR count). The van der Waals surface area contributed by atoms with Crippen molar-refractivity contribution in [1.29, 1.82) is 0 Å². The predicted molar refractivity (Wildman–Crippen MR) is 52.2 cm³/mol. The minimum Gasteiger partial charge on any atom is -0.481 e. The number of hydrogen-bond acceptors (Lipinski definition) is 2. The Morgan fingerprint density at radius 2 is 1.88 bits per heavy atom. The number of carbonyl (C=O) groups is 2. The number of piperidine rings is 1. The lowest BCUT2D eigenvalue weighted by Gasteiger charge is -2.38. The summed E-state index contributed by atoms with van der Waals surface area (Å²) in [5, 5.41) is 9.07. The summed E-state index contributed by atoms with van der Waals surface area (Å²) >= 11 is 0. The van der Waals surface area contributed by atoms with Crippen molar-refractivity contribution in [3.8, 4) is 0 Å². The molecule has 0 aliphatic carbocycles. The number of carboxylic acid groups (broad SMARTS) is 1. The van der Waals surface area contributed by atoms with Crippen molar-refractivity contribution in [2.24, 2.45) is 5.41 Å². The van der Waals surface area contributed by atoms with Crippen molar-refractivity contribution in [2.75, 3.05) is 13.1 Å². The molecule has 0 atom stereocenters. The highest BCUT2D eigenvalue weighted by atomic mass is 19.3. The van der Waals surface area contributed by atoms with Crippen molar-refractivity contribution < 1.29 is 23.5 Å². The van der Waals surface area contributed by atoms with E-state index in [1.165, 1.54) is 0 Å². The fourth-order valence-corrected chi connectivity index (χ4v) is 2.01. The second-order valence-corrected chi connectivity index (χ2v) is 4.07. The fourth-order valence-electron chi connectivity index (χ4n) is 2.01. The SMILES string of the molecule is CCC1(C(=O)O)CCN(C(=O)C(F)F)CC1. The van der Waals surface area contributed by atoms with E-state index in [4.69, 9.17) is 5.11 Å². The van der Waals surface area contributed by atoms with Gasteiger partial charge in [0.25, 0.3) is 5.91 Å². The number of nitrogens with zero attached hydrogens (tertiary/aromatic N) is 1. The first-order valence-corrected chi connectivity index (χ1v) is 5.23. The molecule has 0 aromatic heterocycles. The number of alkyl halides is 2. The van der Waals surface area contributed by atoms with Crippen LogP contribution in [0.3, 0.4) is 0 Å². The van der Waals surface area contributed by atoms with E-state index in [0.717, 1.165) is 4.90 Å². The van der Waals surface area contributed by atoms with Crippen molar-refractivity contribution >= 4 is 11.9 Å². The third kappa shape index (κ3) is 2.31. The van der Waals surface area contributed by atoms with Crippen LogP contribution in [-0.2, 0) is 9.59 Å². The van der Waals surface area contributed by atoms with E-state index in [1.54, 1.807) is 6.92 Å². The molecule has 0 aromatic carbocycles. The van der Waals surface area contributed by atoms with Gasteiger partial charge in [-0.05, 0) is 19.3 Å². The Bertz CT molecular complexity index is 286. The van der Waals surface area contributed by atoms with Crippen LogP contribution in [0.1, 0.15) is 26.2 Å². The summed E-state index contributed by atoms with van der Waals surface area (Å²) < 4.78 is 24.3. The minimum atomic E-state index is -3.00. The minimum absolute atomic E-state index is 0.101. The van der Waals surface area contributed by atoms with Crippen LogP contribution in [-0.4, -0.2) is 41.4 Å². The van der Waals surface area contributed by atoms with Gasteiger partial charge in [0, 0.05) is 13.1 Å². The molecule has 16 heavy (non-hydrogen) atoms. The number of amides is 1. The third-order valence-electron chi connectivity index (χ3n) is 3.35. The summed E-state index contributed by atoms with van der Waals surface area (Å²) in [4.78, 5) is 23.1. The number of hydrogen-bond donors (Lipinski definition) is 1. The first-order chi connectivity index (χ1) is 7.43. The molecule has 1 heterocycles. The van der Waals surface area contributed by atoms with Crippen LogP contribution in [0.2, 0.25) is 0 Å². The van der Waals surface area contributed by atoms with Crippen LogP contribution < -0.4 is 0 Å². The zero-order valence-electron chi connectivity index (χ0n) is 9.08. The van der Waals surface area contributed by atoms with Gasteiger partial charge in [-0.2, -0.15) is 8.78 Å². The lowest BCUT2D eigenvalue weighted by molar-refractivity contribution is -0.157. The maximum absolute atomic E-state index is 12.1. The summed E-state index contributed by atoms with van der Waals surface area (Å²) in [6.07, 6.45) is -2.05. The Kier molecular flexibility index (Phi) is 3.83. The molecule has 1 aliphatic heterocycles. The molecule has 4 nitrogen and oxygen atoms in total. The van der Waals surface area contributed by atoms with Crippen molar-refractivity contribution in [1.82, 2.24) is 4.90 Å². The lowest BCUT2D eigenvalue weighted by atomic mass is 9.76. The van der Waals surface area contributed by atoms with Crippen LogP contribution >= 0.6 is 0 Å². The zero-order chi connectivity index (χ0) is 12.3. The molecule has 1 saturated heterocycles. The summed E-state index contributed by atoms with van der Waals surface area (Å²) in [5.41, 5.74) is -0.848. The second kappa shape index (κ2) is 4.76. The molecule has 1 amide bonds. The fraction of sp³-hybridized carbons (Fsp3) is 0.800. The molecule has 0 aromatic rings. The van der Waals surface area contributed by atoms with Crippen LogP contribution in [0.5, 0.6) is 0 Å². The molecular weight excluding hydrogens is 220 g/mol. The van der Waals surface area contributed by atoms with Gasteiger partial charge < -0.3 is 10.0 Å². The number of carboxylic acids is 1. The molecule has 1 fully saturated rings. The van der Waals surface area contributed by atoms with E-state index in [2.05, 4.69) is 0 Å². The number of aliphatic carboxylic acids is 1. The van der Waals surface area contributed by atoms with E-state index in [0.29, 0.717) is 6.42 Å². The van der Waals surface area contributed by atoms with E-state index in [1.807, 2.05) is 0 Å². The number of halogens is 2. The molecule has 0 saturated carbocycles. The van der Waals surface area contributed by atoms with Crippen LogP contribution in [0.15, 0.2) is 0 Å². The van der Waals surface area contributed by atoms with Gasteiger partial charge in [-0.3, -0.25) is 9.59 Å². The first kappa shape index (κ1) is 12.9. The maximum Gasteiger partial charge on any atom is 0.315 e. The van der Waals surface area contributed by atoms with Crippen molar-refractivity contribution in [3.05, 3.63) is 0 Å². The van der Waals surface area contributed by atoms with Crippen molar-refractivity contribution in [3.63, 3.8) is 0 Å². The zero-order valence-corrected chi connectivity index (χ0v) is 9.08. The molecular formula is C10H15F2NO3. The largest absolute Gasteiger partial charge is 0.481 e. The molecule has 1 aliphatic rings.